The molecule has 0 aromatic heterocycles. The summed E-state index contributed by atoms with van der Waals surface area (Å²) in [6.45, 7) is 4.71. The van der Waals surface area contributed by atoms with Crippen LogP contribution in [0.3, 0.4) is 0 Å². The molecular weight excluding hydrogens is 203 g/mol. The van der Waals surface area contributed by atoms with E-state index in [-0.39, 0.29) is 11.4 Å². The SMILES string of the molecule is CC1(N)CCN(Cc2ccccc2F)CC1. The second-order valence-electron chi connectivity index (χ2n) is 5.02. The monoisotopic (exact) mass is 222 g/mol. The first kappa shape index (κ1) is 11.6. The van der Waals surface area contributed by atoms with Gasteiger partial charge in [0, 0.05) is 30.7 Å². The van der Waals surface area contributed by atoms with Crippen LogP contribution in [-0.4, -0.2) is 23.5 Å². The molecule has 0 unspecified atom stereocenters. The van der Waals surface area contributed by atoms with E-state index in [0.29, 0.717) is 6.54 Å². The maximum Gasteiger partial charge on any atom is 0.127 e. The van der Waals surface area contributed by atoms with Crippen LogP contribution in [0.1, 0.15) is 25.3 Å². The summed E-state index contributed by atoms with van der Waals surface area (Å²) in [4.78, 5) is 2.27. The maximum atomic E-state index is 13.4. The maximum absolute atomic E-state index is 13.4. The number of benzene rings is 1. The van der Waals surface area contributed by atoms with Gasteiger partial charge in [-0.05, 0) is 25.8 Å². The first-order valence-electron chi connectivity index (χ1n) is 5.81. The van der Waals surface area contributed by atoms with Crippen LogP contribution < -0.4 is 5.73 Å². The molecule has 0 amide bonds. The van der Waals surface area contributed by atoms with Crippen molar-refractivity contribution in [3.63, 3.8) is 0 Å². The van der Waals surface area contributed by atoms with Gasteiger partial charge in [-0.15, -0.1) is 0 Å². The lowest BCUT2D eigenvalue weighted by Crippen LogP contribution is -2.47. The van der Waals surface area contributed by atoms with Crippen LogP contribution in [0.25, 0.3) is 0 Å². The largest absolute Gasteiger partial charge is 0.325 e. The van der Waals surface area contributed by atoms with Crippen molar-refractivity contribution in [2.24, 2.45) is 5.73 Å². The minimum atomic E-state index is -0.108. The van der Waals surface area contributed by atoms with E-state index in [1.807, 2.05) is 12.1 Å². The Balaban J connectivity index is 1.95. The van der Waals surface area contributed by atoms with Crippen LogP contribution in [0, 0.1) is 5.82 Å². The highest BCUT2D eigenvalue weighted by molar-refractivity contribution is 5.17. The summed E-state index contributed by atoms with van der Waals surface area (Å²) in [6, 6.07) is 6.99. The summed E-state index contributed by atoms with van der Waals surface area (Å²) in [7, 11) is 0. The normalized spacial score (nSPS) is 20.9. The Morgan fingerprint density at radius 2 is 1.94 bits per heavy atom. The van der Waals surface area contributed by atoms with Gasteiger partial charge in [0.2, 0.25) is 0 Å². The van der Waals surface area contributed by atoms with Gasteiger partial charge in [0.1, 0.15) is 5.82 Å². The Bertz CT molecular complexity index is 353. The molecule has 1 heterocycles. The van der Waals surface area contributed by atoms with Crippen LogP contribution in [0.5, 0.6) is 0 Å². The third kappa shape index (κ3) is 2.80. The van der Waals surface area contributed by atoms with Crippen molar-refractivity contribution in [2.45, 2.75) is 31.8 Å². The molecule has 0 spiro atoms. The van der Waals surface area contributed by atoms with Crippen molar-refractivity contribution in [3.8, 4) is 0 Å². The van der Waals surface area contributed by atoms with Crippen molar-refractivity contribution in [1.29, 1.82) is 0 Å². The number of nitrogens with zero attached hydrogens (tertiary/aromatic N) is 1. The lowest BCUT2D eigenvalue weighted by Gasteiger charge is -2.36. The molecule has 1 fully saturated rings. The van der Waals surface area contributed by atoms with Gasteiger partial charge in [-0.3, -0.25) is 4.90 Å². The highest BCUT2D eigenvalue weighted by Gasteiger charge is 2.25. The number of halogens is 1. The van der Waals surface area contributed by atoms with Gasteiger partial charge in [0.25, 0.3) is 0 Å². The molecule has 1 aliphatic heterocycles. The second kappa shape index (κ2) is 4.52. The van der Waals surface area contributed by atoms with E-state index in [9.17, 15) is 4.39 Å². The number of hydrogen-bond donors (Lipinski definition) is 1. The molecule has 1 aromatic rings. The Kier molecular flexibility index (Phi) is 3.26. The predicted molar refractivity (Wildman–Crippen MR) is 63.5 cm³/mol. The van der Waals surface area contributed by atoms with E-state index in [2.05, 4.69) is 11.8 Å². The van der Waals surface area contributed by atoms with Crippen LogP contribution in [0.2, 0.25) is 0 Å². The summed E-state index contributed by atoms with van der Waals surface area (Å²) in [5.41, 5.74) is 6.81. The molecule has 3 heteroatoms. The molecule has 88 valence electrons. The molecule has 16 heavy (non-hydrogen) atoms. The molecule has 1 aromatic carbocycles. The van der Waals surface area contributed by atoms with Crippen molar-refractivity contribution in [3.05, 3.63) is 35.6 Å². The smallest absolute Gasteiger partial charge is 0.127 e. The quantitative estimate of drug-likeness (QED) is 0.830. The first-order valence-corrected chi connectivity index (χ1v) is 5.81. The standard InChI is InChI=1S/C13H19FN2/c1-13(15)6-8-16(9-7-13)10-11-4-2-3-5-12(11)14/h2-5H,6-10,15H2,1H3. The molecule has 0 radical (unpaired) electrons. The Hall–Kier alpha value is -0.930. The molecule has 0 aliphatic carbocycles. The van der Waals surface area contributed by atoms with E-state index in [0.717, 1.165) is 31.5 Å². The Morgan fingerprint density at radius 1 is 1.31 bits per heavy atom. The zero-order valence-electron chi connectivity index (χ0n) is 9.75. The summed E-state index contributed by atoms with van der Waals surface area (Å²) in [6.07, 6.45) is 1.98. The van der Waals surface area contributed by atoms with E-state index < -0.39 is 0 Å². The zero-order valence-corrected chi connectivity index (χ0v) is 9.75. The number of rotatable bonds is 2. The Labute approximate surface area is 96.2 Å². The van der Waals surface area contributed by atoms with Crippen LogP contribution >= 0.6 is 0 Å². The van der Waals surface area contributed by atoms with Crippen LogP contribution in [0.4, 0.5) is 4.39 Å². The van der Waals surface area contributed by atoms with Crippen molar-refractivity contribution in [2.75, 3.05) is 13.1 Å². The molecular formula is C13H19FN2. The minimum absolute atomic E-state index is 0.0360. The molecule has 0 atom stereocenters. The molecule has 2 N–H and O–H groups in total. The zero-order chi connectivity index (χ0) is 11.6. The third-order valence-corrected chi connectivity index (χ3v) is 3.35. The van der Waals surface area contributed by atoms with Crippen molar-refractivity contribution in [1.82, 2.24) is 4.90 Å². The van der Waals surface area contributed by atoms with Gasteiger partial charge in [-0.2, -0.15) is 0 Å². The fourth-order valence-electron chi connectivity index (χ4n) is 2.09. The lowest BCUT2D eigenvalue weighted by molar-refractivity contribution is 0.163. The molecule has 1 aliphatic rings. The molecule has 1 saturated heterocycles. The van der Waals surface area contributed by atoms with Gasteiger partial charge >= 0.3 is 0 Å². The van der Waals surface area contributed by atoms with E-state index in [1.54, 1.807) is 6.07 Å². The van der Waals surface area contributed by atoms with Crippen molar-refractivity contribution >= 4 is 0 Å². The highest BCUT2D eigenvalue weighted by Crippen LogP contribution is 2.20. The van der Waals surface area contributed by atoms with E-state index in [1.165, 1.54) is 6.07 Å². The predicted octanol–water partition coefficient (Wildman–Crippen LogP) is 2.14. The van der Waals surface area contributed by atoms with Crippen LogP contribution in [0.15, 0.2) is 24.3 Å². The number of hydrogen-bond acceptors (Lipinski definition) is 2. The molecule has 2 nitrogen and oxygen atoms in total. The fourth-order valence-corrected chi connectivity index (χ4v) is 2.09. The molecule has 0 saturated carbocycles. The summed E-state index contributed by atoms with van der Waals surface area (Å²) < 4.78 is 13.4. The summed E-state index contributed by atoms with van der Waals surface area (Å²) in [5.74, 6) is -0.108. The average molecular weight is 222 g/mol. The highest BCUT2D eigenvalue weighted by atomic mass is 19.1. The number of nitrogens with two attached hydrogens (primary N) is 1. The van der Waals surface area contributed by atoms with Gasteiger partial charge < -0.3 is 5.73 Å². The molecule has 0 bridgehead atoms. The average Bonchev–Trinajstić information content (AvgIpc) is 2.24. The molecule has 2 rings (SSSR count). The lowest BCUT2D eigenvalue weighted by atomic mass is 9.91. The number of likely N-dealkylation sites (tertiary alicyclic amines) is 1. The fraction of sp³-hybridized carbons (Fsp3) is 0.538. The van der Waals surface area contributed by atoms with Gasteiger partial charge in [0.15, 0.2) is 0 Å². The first-order chi connectivity index (χ1) is 7.57. The minimum Gasteiger partial charge on any atom is -0.325 e. The summed E-state index contributed by atoms with van der Waals surface area (Å²) >= 11 is 0. The van der Waals surface area contributed by atoms with Crippen molar-refractivity contribution < 1.29 is 4.39 Å². The topological polar surface area (TPSA) is 29.3 Å². The summed E-state index contributed by atoms with van der Waals surface area (Å²) in [5, 5.41) is 0. The third-order valence-electron chi connectivity index (χ3n) is 3.35. The van der Waals surface area contributed by atoms with Crippen LogP contribution in [-0.2, 0) is 6.54 Å². The van der Waals surface area contributed by atoms with Gasteiger partial charge in [-0.1, -0.05) is 18.2 Å². The van der Waals surface area contributed by atoms with E-state index in [4.69, 9.17) is 5.73 Å². The second-order valence-corrected chi connectivity index (χ2v) is 5.02. The Morgan fingerprint density at radius 3 is 2.56 bits per heavy atom. The van der Waals surface area contributed by atoms with E-state index >= 15 is 0 Å². The number of piperidine rings is 1. The van der Waals surface area contributed by atoms with Gasteiger partial charge in [-0.25, -0.2) is 4.39 Å². The van der Waals surface area contributed by atoms with Gasteiger partial charge in [0.05, 0.1) is 0 Å².